The molecule has 1 rings (SSSR count). The quantitative estimate of drug-likeness (QED) is 0.661. The molecule has 0 aromatic carbocycles. The van der Waals surface area contributed by atoms with E-state index >= 15 is 0 Å². The van der Waals surface area contributed by atoms with Gasteiger partial charge in [-0.25, -0.2) is 8.78 Å². The van der Waals surface area contributed by atoms with Crippen molar-refractivity contribution in [3.8, 4) is 0 Å². The molecule has 1 aromatic rings. The van der Waals surface area contributed by atoms with Crippen LogP contribution in [0.1, 0.15) is 12.5 Å². The van der Waals surface area contributed by atoms with Crippen LogP contribution in [-0.2, 0) is 5.92 Å². The summed E-state index contributed by atoms with van der Waals surface area (Å²) in [5.74, 6) is -2.94. The summed E-state index contributed by atoms with van der Waals surface area (Å²) in [6, 6.07) is 2.07. The van der Waals surface area contributed by atoms with E-state index in [1.54, 1.807) is 0 Å². The summed E-state index contributed by atoms with van der Waals surface area (Å²) in [6.07, 6.45) is 1.20. The van der Waals surface area contributed by atoms with Crippen LogP contribution in [0.4, 0.5) is 8.78 Å². The molecule has 0 saturated carbocycles. The topological polar surface area (TPSA) is 32.9 Å². The second-order valence-electron chi connectivity index (χ2n) is 2.33. The van der Waals surface area contributed by atoms with Crippen molar-refractivity contribution >= 4 is 0 Å². The van der Waals surface area contributed by atoms with Gasteiger partial charge >= 0.3 is 0 Å². The Morgan fingerprint density at radius 2 is 2.18 bits per heavy atom. The summed E-state index contributed by atoms with van der Waals surface area (Å²) >= 11 is 0. The van der Waals surface area contributed by atoms with Gasteiger partial charge in [0.25, 0.3) is 5.92 Å². The lowest BCUT2D eigenvalue weighted by Crippen LogP contribution is -2.12. The molecule has 1 aromatic heterocycles. The van der Waals surface area contributed by atoms with Crippen molar-refractivity contribution in [3.63, 3.8) is 0 Å². The molecule has 0 aliphatic rings. The lowest BCUT2D eigenvalue weighted by atomic mass is 10.2. The average molecular weight is 159 g/mol. The summed E-state index contributed by atoms with van der Waals surface area (Å²) in [4.78, 5) is 12.8. The minimum atomic E-state index is -2.94. The molecule has 0 bridgehead atoms. The number of rotatable bonds is 1. The molecule has 0 unspecified atom stereocenters. The molecule has 2 nitrogen and oxygen atoms in total. The molecule has 0 atom stereocenters. The van der Waals surface area contributed by atoms with Gasteiger partial charge in [0, 0.05) is 24.8 Å². The van der Waals surface area contributed by atoms with Crippen LogP contribution in [0.2, 0.25) is 0 Å². The van der Waals surface area contributed by atoms with Crippen LogP contribution in [0.25, 0.3) is 0 Å². The van der Waals surface area contributed by atoms with Crippen LogP contribution in [0, 0.1) is 0 Å². The number of aromatic nitrogens is 1. The highest BCUT2D eigenvalue weighted by Crippen LogP contribution is 2.24. The summed E-state index contributed by atoms with van der Waals surface area (Å²) in [6.45, 7) is 0.752. The van der Waals surface area contributed by atoms with Gasteiger partial charge in [-0.2, -0.15) is 0 Å². The van der Waals surface area contributed by atoms with Gasteiger partial charge in [0.1, 0.15) is 0 Å². The van der Waals surface area contributed by atoms with Gasteiger partial charge in [-0.05, 0) is 6.07 Å². The normalized spacial score (nSPS) is 11.5. The fourth-order valence-corrected chi connectivity index (χ4v) is 0.718. The van der Waals surface area contributed by atoms with Crippen molar-refractivity contribution in [1.82, 2.24) is 4.98 Å². The maximum absolute atomic E-state index is 12.5. The third-order valence-corrected chi connectivity index (χ3v) is 1.28. The van der Waals surface area contributed by atoms with E-state index in [1.165, 1.54) is 12.3 Å². The molecule has 0 fully saturated rings. The predicted molar refractivity (Wildman–Crippen MR) is 36.6 cm³/mol. The number of alkyl halides is 2. The van der Waals surface area contributed by atoms with Gasteiger partial charge in [-0.1, -0.05) is 0 Å². The number of hydrogen-bond donors (Lipinski definition) is 1. The van der Waals surface area contributed by atoms with E-state index < -0.39 is 11.5 Å². The smallest absolute Gasteiger partial charge is 0.270 e. The van der Waals surface area contributed by atoms with Crippen LogP contribution in [0.5, 0.6) is 0 Å². The van der Waals surface area contributed by atoms with Crippen molar-refractivity contribution in [3.05, 3.63) is 34.2 Å². The first kappa shape index (κ1) is 7.91. The van der Waals surface area contributed by atoms with E-state index in [2.05, 4.69) is 4.98 Å². The maximum atomic E-state index is 12.5. The summed E-state index contributed by atoms with van der Waals surface area (Å²) in [5.41, 5.74) is -0.773. The molecule has 1 heterocycles. The van der Waals surface area contributed by atoms with Crippen molar-refractivity contribution in [2.45, 2.75) is 12.8 Å². The number of halogens is 2. The fourth-order valence-electron chi connectivity index (χ4n) is 0.718. The monoisotopic (exact) mass is 159 g/mol. The Morgan fingerprint density at radius 1 is 1.55 bits per heavy atom. The summed E-state index contributed by atoms with van der Waals surface area (Å²) in [5, 5.41) is 0. The lowest BCUT2D eigenvalue weighted by Gasteiger charge is -2.08. The zero-order valence-corrected chi connectivity index (χ0v) is 5.90. The average Bonchev–Trinajstić information content (AvgIpc) is 1.86. The minimum absolute atomic E-state index is 0.263. The zero-order chi connectivity index (χ0) is 8.48. The van der Waals surface area contributed by atoms with E-state index in [0.717, 1.165) is 13.0 Å². The van der Waals surface area contributed by atoms with Crippen LogP contribution in [0.3, 0.4) is 0 Å². The Labute approximate surface area is 61.9 Å². The molecular formula is C7H7F2NO. The molecular weight excluding hydrogens is 152 g/mol. The molecule has 0 aliphatic heterocycles. The SMILES string of the molecule is CC(F)(F)c1cc[nH]c(=O)c1. The van der Waals surface area contributed by atoms with E-state index in [1.807, 2.05) is 0 Å². The minimum Gasteiger partial charge on any atom is -0.329 e. The Kier molecular flexibility index (Phi) is 1.76. The first-order valence-electron chi connectivity index (χ1n) is 3.07. The van der Waals surface area contributed by atoms with Gasteiger partial charge in [0.05, 0.1) is 0 Å². The zero-order valence-electron chi connectivity index (χ0n) is 5.90. The van der Waals surface area contributed by atoms with Gasteiger partial charge in [-0.3, -0.25) is 4.79 Å². The molecule has 0 amide bonds. The predicted octanol–water partition coefficient (Wildman–Crippen LogP) is 1.49. The number of aromatic amines is 1. The van der Waals surface area contributed by atoms with Crippen molar-refractivity contribution < 1.29 is 8.78 Å². The number of hydrogen-bond acceptors (Lipinski definition) is 1. The van der Waals surface area contributed by atoms with Gasteiger partial charge < -0.3 is 4.98 Å². The second kappa shape index (κ2) is 2.45. The van der Waals surface area contributed by atoms with Crippen LogP contribution in [0.15, 0.2) is 23.1 Å². The first-order valence-corrected chi connectivity index (χ1v) is 3.07. The molecule has 60 valence electrons. The van der Waals surface area contributed by atoms with E-state index in [-0.39, 0.29) is 5.56 Å². The fraction of sp³-hybridized carbons (Fsp3) is 0.286. The molecule has 0 saturated heterocycles. The van der Waals surface area contributed by atoms with E-state index in [9.17, 15) is 13.6 Å². The molecule has 1 N–H and O–H groups in total. The third-order valence-electron chi connectivity index (χ3n) is 1.28. The Hall–Kier alpha value is -1.19. The second-order valence-corrected chi connectivity index (χ2v) is 2.33. The lowest BCUT2D eigenvalue weighted by molar-refractivity contribution is 0.0173. The first-order chi connectivity index (χ1) is 5.00. The summed E-state index contributed by atoms with van der Waals surface area (Å²) in [7, 11) is 0. The van der Waals surface area contributed by atoms with Crippen LogP contribution >= 0.6 is 0 Å². The van der Waals surface area contributed by atoms with Gasteiger partial charge in [-0.15, -0.1) is 0 Å². The van der Waals surface area contributed by atoms with Gasteiger partial charge in [0.15, 0.2) is 0 Å². The van der Waals surface area contributed by atoms with Crippen molar-refractivity contribution in [2.75, 3.05) is 0 Å². The largest absolute Gasteiger partial charge is 0.329 e. The van der Waals surface area contributed by atoms with Crippen molar-refractivity contribution in [1.29, 1.82) is 0 Å². The molecule has 4 heteroatoms. The number of nitrogens with one attached hydrogen (secondary N) is 1. The third kappa shape index (κ3) is 1.86. The highest BCUT2D eigenvalue weighted by molar-refractivity contribution is 5.14. The Bertz CT molecular complexity index is 300. The maximum Gasteiger partial charge on any atom is 0.270 e. The number of H-pyrrole nitrogens is 1. The molecule has 0 spiro atoms. The number of pyridine rings is 1. The standard InChI is InChI=1S/C7H7F2NO/c1-7(8,9)5-2-3-10-6(11)4-5/h2-4H,1H3,(H,10,11). The molecule has 0 radical (unpaired) electrons. The van der Waals surface area contributed by atoms with E-state index in [0.29, 0.717) is 0 Å². The van der Waals surface area contributed by atoms with Crippen LogP contribution in [-0.4, -0.2) is 4.98 Å². The van der Waals surface area contributed by atoms with Crippen molar-refractivity contribution in [2.24, 2.45) is 0 Å². The highest BCUT2D eigenvalue weighted by Gasteiger charge is 2.23. The molecule has 11 heavy (non-hydrogen) atoms. The molecule has 0 aliphatic carbocycles. The van der Waals surface area contributed by atoms with Gasteiger partial charge in [0.2, 0.25) is 5.56 Å². The summed E-state index contributed by atoms with van der Waals surface area (Å²) < 4.78 is 25.0. The Balaban J connectivity index is 3.16. The van der Waals surface area contributed by atoms with Crippen LogP contribution < -0.4 is 5.56 Å². The Morgan fingerprint density at radius 3 is 2.55 bits per heavy atom. The highest BCUT2D eigenvalue weighted by atomic mass is 19.3. The van der Waals surface area contributed by atoms with E-state index in [4.69, 9.17) is 0 Å².